The molecule has 0 unspecified atom stereocenters. The molecule has 7 heteroatoms. The van der Waals surface area contributed by atoms with Gasteiger partial charge in [0.25, 0.3) is 0 Å². The summed E-state index contributed by atoms with van der Waals surface area (Å²) in [6, 6.07) is 11.2. The fourth-order valence-corrected chi connectivity index (χ4v) is 3.77. The zero-order valence-electron chi connectivity index (χ0n) is 15.8. The summed E-state index contributed by atoms with van der Waals surface area (Å²) in [5.41, 5.74) is 8.18. The summed E-state index contributed by atoms with van der Waals surface area (Å²) >= 11 is 12.5. The van der Waals surface area contributed by atoms with Crippen molar-refractivity contribution in [3.8, 4) is 5.75 Å². The minimum Gasteiger partial charge on any atom is -0.494 e. The first kappa shape index (κ1) is 20.8. The minimum absolute atomic E-state index is 0.574. The Labute approximate surface area is 176 Å². The van der Waals surface area contributed by atoms with E-state index >= 15 is 0 Å². The van der Waals surface area contributed by atoms with Gasteiger partial charge in [-0.3, -0.25) is 4.90 Å². The lowest BCUT2D eigenvalue weighted by molar-refractivity contribution is 0.238. The van der Waals surface area contributed by atoms with Gasteiger partial charge in [-0.2, -0.15) is 0 Å². The van der Waals surface area contributed by atoms with E-state index in [9.17, 15) is 0 Å². The van der Waals surface area contributed by atoms with E-state index in [1.807, 2.05) is 30.3 Å². The molecule has 0 radical (unpaired) electrons. The Bertz CT molecular complexity index is 807. The molecular weight excluding hydrogens is 395 g/mol. The van der Waals surface area contributed by atoms with Gasteiger partial charge in [-0.1, -0.05) is 29.3 Å². The molecule has 150 valence electrons. The molecule has 0 aliphatic carbocycles. The van der Waals surface area contributed by atoms with Crippen LogP contribution in [-0.2, 0) is 0 Å². The lowest BCUT2D eigenvalue weighted by Crippen LogP contribution is -2.46. The fraction of sp³-hybridized carbons (Fsp3) is 0.381. The zero-order chi connectivity index (χ0) is 19.9. The molecule has 1 heterocycles. The molecule has 5 nitrogen and oxygen atoms in total. The number of hydrogen-bond acceptors (Lipinski definition) is 5. The van der Waals surface area contributed by atoms with Gasteiger partial charge in [-0.15, -0.1) is 0 Å². The first-order valence-electron chi connectivity index (χ1n) is 9.52. The number of anilines is 2. The predicted molar refractivity (Wildman–Crippen MR) is 119 cm³/mol. The van der Waals surface area contributed by atoms with E-state index < -0.39 is 0 Å². The van der Waals surface area contributed by atoms with Crippen molar-refractivity contribution >= 4 is 40.8 Å². The van der Waals surface area contributed by atoms with Crippen LogP contribution in [0.4, 0.5) is 11.4 Å². The van der Waals surface area contributed by atoms with Gasteiger partial charge in [0.1, 0.15) is 5.75 Å². The van der Waals surface area contributed by atoms with Gasteiger partial charge in [-0.25, -0.2) is 0 Å². The topological polar surface area (TPSA) is 65.6 Å². The second kappa shape index (κ2) is 10.0. The molecule has 1 aliphatic heterocycles. The van der Waals surface area contributed by atoms with E-state index in [4.69, 9.17) is 39.1 Å². The minimum atomic E-state index is 0.574. The molecule has 0 bridgehead atoms. The van der Waals surface area contributed by atoms with Gasteiger partial charge < -0.3 is 20.8 Å². The first-order chi connectivity index (χ1) is 13.6. The normalized spacial score (nSPS) is 14.9. The Kier molecular flexibility index (Phi) is 7.43. The van der Waals surface area contributed by atoms with Crippen LogP contribution in [0.1, 0.15) is 18.4 Å². The second-order valence-corrected chi connectivity index (χ2v) is 7.68. The summed E-state index contributed by atoms with van der Waals surface area (Å²) in [5, 5.41) is 8.51. The summed E-state index contributed by atoms with van der Waals surface area (Å²) in [6.45, 7) is 5.68. The number of hydrogen-bond donors (Lipinski definition) is 2. The number of rotatable bonds is 8. The third-order valence-electron chi connectivity index (χ3n) is 5.00. The van der Waals surface area contributed by atoms with Crippen LogP contribution >= 0.6 is 23.2 Å². The summed E-state index contributed by atoms with van der Waals surface area (Å²) in [7, 11) is 0. The maximum absolute atomic E-state index is 7.26. The lowest BCUT2D eigenvalue weighted by Gasteiger charge is -2.36. The van der Waals surface area contributed by atoms with Gasteiger partial charge in [-0.05, 0) is 43.7 Å². The molecular formula is C21H26Cl2N4O. The van der Waals surface area contributed by atoms with Crippen LogP contribution in [0.5, 0.6) is 5.75 Å². The number of ether oxygens (including phenoxy) is 1. The van der Waals surface area contributed by atoms with Crippen molar-refractivity contribution in [2.75, 3.05) is 50.0 Å². The summed E-state index contributed by atoms with van der Waals surface area (Å²) in [4.78, 5) is 4.78. The number of piperazine rings is 1. The smallest absolute Gasteiger partial charge is 0.121 e. The van der Waals surface area contributed by atoms with E-state index in [1.54, 1.807) is 6.07 Å². The quantitative estimate of drug-likeness (QED) is 0.373. The van der Waals surface area contributed by atoms with Crippen LogP contribution in [0.15, 0.2) is 36.4 Å². The number of nitrogens with zero attached hydrogens (tertiary/aromatic N) is 2. The number of unbranched alkanes of at least 4 members (excludes halogenated alkanes) is 1. The average Bonchev–Trinajstić information content (AvgIpc) is 2.70. The molecule has 3 N–H and O–H groups in total. The maximum atomic E-state index is 7.26. The molecule has 3 rings (SSSR count). The highest BCUT2D eigenvalue weighted by Crippen LogP contribution is 2.32. The largest absolute Gasteiger partial charge is 0.494 e. The van der Waals surface area contributed by atoms with Crippen LogP contribution in [-0.4, -0.2) is 50.4 Å². The van der Waals surface area contributed by atoms with Gasteiger partial charge >= 0.3 is 0 Å². The average molecular weight is 421 g/mol. The molecule has 0 aromatic heterocycles. The summed E-state index contributed by atoms with van der Waals surface area (Å²) in [6.07, 6.45) is 3.33. The fourth-order valence-electron chi connectivity index (χ4n) is 3.35. The first-order valence-corrected chi connectivity index (χ1v) is 10.3. The molecule has 0 saturated carbocycles. The Morgan fingerprint density at radius 3 is 2.57 bits per heavy atom. The number of nitrogen functional groups attached to an aromatic ring is 1. The van der Waals surface area contributed by atoms with Crippen LogP contribution in [0.2, 0.25) is 10.0 Å². The lowest BCUT2D eigenvalue weighted by atomic mass is 10.2. The van der Waals surface area contributed by atoms with E-state index in [-0.39, 0.29) is 0 Å². The molecule has 0 amide bonds. The number of nitrogens with one attached hydrogen (secondary N) is 1. The van der Waals surface area contributed by atoms with Crippen LogP contribution < -0.4 is 15.4 Å². The molecule has 1 fully saturated rings. The number of halogens is 2. The van der Waals surface area contributed by atoms with Crippen molar-refractivity contribution in [2.45, 2.75) is 12.8 Å². The van der Waals surface area contributed by atoms with Crippen molar-refractivity contribution < 1.29 is 4.74 Å². The SMILES string of the molecule is N=Cc1ccc(OCCCCN2CCN(c3cccc(Cl)c3Cl)CC2)cc1N. The number of benzene rings is 2. The van der Waals surface area contributed by atoms with Gasteiger partial charge in [0.05, 0.1) is 22.3 Å². The standard InChI is InChI=1S/C21H26Cl2N4O/c22-18-4-3-5-20(21(18)23)27-11-9-26(10-12-27)8-1-2-13-28-17-7-6-16(15-24)19(25)14-17/h3-7,14-15,24H,1-2,8-13,25H2. The van der Waals surface area contributed by atoms with E-state index in [2.05, 4.69) is 9.80 Å². The third-order valence-corrected chi connectivity index (χ3v) is 5.80. The van der Waals surface area contributed by atoms with Gasteiger partial charge in [0.15, 0.2) is 0 Å². The molecule has 0 spiro atoms. The molecule has 1 aliphatic rings. The third kappa shape index (κ3) is 5.31. The summed E-state index contributed by atoms with van der Waals surface area (Å²) in [5.74, 6) is 0.759. The van der Waals surface area contributed by atoms with E-state index in [0.29, 0.717) is 27.9 Å². The second-order valence-electron chi connectivity index (χ2n) is 6.89. The molecule has 2 aromatic rings. The van der Waals surface area contributed by atoms with Crippen LogP contribution in [0.3, 0.4) is 0 Å². The van der Waals surface area contributed by atoms with E-state index in [0.717, 1.165) is 57.0 Å². The monoisotopic (exact) mass is 420 g/mol. The predicted octanol–water partition coefficient (Wildman–Crippen LogP) is 4.55. The van der Waals surface area contributed by atoms with Gasteiger partial charge in [0.2, 0.25) is 0 Å². The maximum Gasteiger partial charge on any atom is 0.121 e. The highest BCUT2D eigenvalue weighted by Gasteiger charge is 2.19. The van der Waals surface area contributed by atoms with Crippen LogP contribution in [0, 0.1) is 5.41 Å². The molecule has 28 heavy (non-hydrogen) atoms. The van der Waals surface area contributed by atoms with Crippen molar-refractivity contribution in [2.24, 2.45) is 0 Å². The van der Waals surface area contributed by atoms with E-state index in [1.165, 1.54) is 6.21 Å². The highest BCUT2D eigenvalue weighted by atomic mass is 35.5. The van der Waals surface area contributed by atoms with Crippen molar-refractivity contribution in [1.82, 2.24) is 4.90 Å². The molecule has 0 atom stereocenters. The Hall–Kier alpha value is -1.95. The van der Waals surface area contributed by atoms with Gasteiger partial charge in [0, 0.05) is 49.7 Å². The molecule has 1 saturated heterocycles. The Balaban J connectivity index is 1.35. The Morgan fingerprint density at radius 1 is 1.07 bits per heavy atom. The Morgan fingerprint density at radius 2 is 1.86 bits per heavy atom. The summed E-state index contributed by atoms with van der Waals surface area (Å²) < 4.78 is 5.77. The van der Waals surface area contributed by atoms with Crippen molar-refractivity contribution in [3.05, 3.63) is 52.0 Å². The van der Waals surface area contributed by atoms with Crippen LogP contribution in [0.25, 0.3) is 0 Å². The zero-order valence-corrected chi connectivity index (χ0v) is 17.3. The van der Waals surface area contributed by atoms with Crippen molar-refractivity contribution in [3.63, 3.8) is 0 Å². The highest BCUT2D eigenvalue weighted by molar-refractivity contribution is 6.43. The number of nitrogens with two attached hydrogens (primary N) is 1. The molecule has 2 aromatic carbocycles. The van der Waals surface area contributed by atoms with Crippen molar-refractivity contribution in [1.29, 1.82) is 5.41 Å².